The number of ether oxygens (including phenoxy) is 1. The van der Waals surface area contributed by atoms with E-state index in [2.05, 4.69) is 10.3 Å². The Bertz CT molecular complexity index is 1070. The van der Waals surface area contributed by atoms with Gasteiger partial charge in [0, 0.05) is 11.3 Å². The maximum absolute atomic E-state index is 13.1. The van der Waals surface area contributed by atoms with Gasteiger partial charge in [0.15, 0.2) is 0 Å². The second-order valence-electron chi connectivity index (χ2n) is 6.11. The number of carbonyl (C=O) groups is 1. The summed E-state index contributed by atoms with van der Waals surface area (Å²) in [6.07, 6.45) is 0. The number of rotatable bonds is 5. The van der Waals surface area contributed by atoms with Crippen molar-refractivity contribution in [3.05, 3.63) is 90.3 Å². The van der Waals surface area contributed by atoms with Crippen LogP contribution in [0.1, 0.15) is 16.2 Å². The standard InChI is InChI=1S/C22H19N3O2/c1-27-18-13-11-17(12-14-18)23-15-21-24-19-9-5-6-10-20(19)25(21)22(26)16-7-3-2-4-8-16/h2-14,23H,15H2,1H3. The fourth-order valence-corrected chi connectivity index (χ4v) is 3.02. The van der Waals surface area contributed by atoms with Gasteiger partial charge in [-0.1, -0.05) is 30.3 Å². The molecule has 1 heterocycles. The monoisotopic (exact) mass is 357 g/mol. The summed E-state index contributed by atoms with van der Waals surface area (Å²) < 4.78 is 6.86. The van der Waals surface area contributed by atoms with Gasteiger partial charge in [-0.2, -0.15) is 0 Å². The molecule has 0 radical (unpaired) electrons. The first-order valence-corrected chi connectivity index (χ1v) is 8.70. The number of anilines is 1. The predicted molar refractivity (Wildman–Crippen MR) is 106 cm³/mol. The number of imidazole rings is 1. The Morgan fingerprint density at radius 1 is 0.963 bits per heavy atom. The molecule has 0 bridgehead atoms. The molecule has 4 aromatic rings. The Morgan fingerprint density at radius 3 is 2.41 bits per heavy atom. The molecule has 5 nitrogen and oxygen atoms in total. The number of hydrogen-bond donors (Lipinski definition) is 1. The molecule has 0 atom stereocenters. The summed E-state index contributed by atoms with van der Waals surface area (Å²) in [4.78, 5) is 17.8. The summed E-state index contributed by atoms with van der Waals surface area (Å²) in [5.41, 5.74) is 3.17. The normalized spacial score (nSPS) is 10.7. The van der Waals surface area contributed by atoms with Crippen LogP contribution in [0, 0.1) is 0 Å². The number of nitrogens with zero attached hydrogens (tertiary/aromatic N) is 2. The lowest BCUT2D eigenvalue weighted by Gasteiger charge is -2.10. The number of benzene rings is 3. The van der Waals surface area contributed by atoms with Crippen LogP contribution in [-0.2, 0) is 6.54 Å². The number of hydrogen-bond acceptors (Lipinski definition) is 4. The van der Waals surface area contributed by atoms with E-state index in [1.54, 1.807) is 11.7 Å². The Hall–Kier alpha value is -3.60. The van der Waals surface area contributed by atoms with Crippen LogP contribution in [0.15, 0.2) is 78.9 Å². The van der Waals surface area contributed by atoms with Gasteiger partial charge in [-0.25, -0.2) is 4.98 Å². The number of fused-ring (bicyclic) bond motifs is 1. The Kier molecular flexibility index (Phi) is 4.58. The van der Waals surface area contributed by atoms with E-state index in [4.69, 9.17) is 4.74 Å². The molecular formula is C22H19N3O2. The van der Waals surface area contributed by atoms with Crippen molar-refractivity contribution in [2.45, 2.75) is 6.54 Å². The van der Waals surface area contributed by atoms with Crippen molar-refractivity contribution in [2.24, 2.45) is 0 Å². The van der Waals surface area contributed by atoms with Gasteiger partial charge in [-0.3, -0.25) is 9.36 Å². The summed E-state index contributed by atoms with van der Waals surface area (Å²) in [5.74, 6) is 1.38. The Morgan fingerprint density at radius 2 is 1.67 bits per heavy atom. The highest BCUT2D eigenvalue weighted by atomic mass is 16.5. The molecule has 27 heavy (non-hydrogen) atoms. The third kappa shape index (κ3) is 3.40. The molecule has 134 valence electrons. The zero-order chi connectivity index (χ0) is 18.6. The van der Waals surface area contributed by atoms with Crippen LogP contribution >= 0.6 is 0 Å². The summed E-state index contributed by atoms with van der Waals surface area (Å²) >= 11 is 0. The van der Waals surface area contributed by atoms with Gasteiger partial charge in [0.25, 0.3) is 5.91 Å². The van der Waals surface area contributed by atoms with Crippen molar-refractivity contribution in [3.8, 4) is 5.75 Å². The van der Waals surface area contributed by atoms with Crippen molar-refractivity contribution in [3.63, 3.8) is 0 Å². The van der Waals surface area contributed by atoms with Crippen molar-refractivity contribution < 1.29 is 9.53 Å². The summed E-state index contributed by atoms with van der Waals surface area (Å²) in [6.45, 7) is 0.430. The molecule has 4 rings (SSSR count). The summed E-state index contributed by atoms with van der Waals surface area (Å²) in [5, 5.41) is 3.33. The maximum Gasteiger partial charge on any atom is 0.263 e. The van der Waals surface area contributed by atoms with E-state index >= 15 is 0 Å². The molecule has 0 spiro atoms. The average Bonchev–Trinajstić information content (AvgIpc) is 3.11. The third-order valence-corrected chi connectivity index (χ3v) is 4.39. The van der Waals surface area contributed by atoms with Crippen LogP contribution in [0.2, 0.25) is 0 Å². The highest BCUT2D eigenvalue weighted by molar-refractivity contribution is 6.01. The number of methoxy groups -OCH3 is 1. The Balaban J connectivity index is 1.68. The van der Waals surface area contributed by atoms with Gasteiger partial charge < -0.3 is 10.1 Å². The van der Waals surface area contributed by atoms with E-state index in [9.17, 15) is 4.79 Å². The lowest BCUT2D eigenvalue weighted by Crippen LogP contribution is -2.17. The topological polar surface area (TPSA) is 56.1 Å². The van der Waals surface area contributed by atoms with E-state index in [1.165, 1.54) is 0 Å². The smallest absolute Gasteiger partial charge is 0.263 e. The van der Waals surface area contributed by atoms with Gasteiger partial charge in [0.05, 0.1) is 24.7 Å². The SMILES string of the molecule is COc1ccc(NCc2nc3ccccc3n2C(=O)c2ccccc2)cc1. The summed E-state index contributed by atoms with van der Waals surface area (Å²) in [6, 6.07) is 24.6. The molecule has 5 heteroatoms. The van der Waals surface area contributed by atoms with Crippen LogP contribution in [0.5, 0.6) is 5.75 Å². The molecule has 0 saturated carbocycles. The number of aromatic nitrogens is 2. The van der Waals surface area contributed by atoms with Gasteiger partial charge in [0.2, 0.25) is 0 Å². The second kappa shape index (κ2) is 7.33. The van der Waals surface area contributed by atoms with Crippen molar-refractivity contribution in [2.75, 3.05) is 12.4 Å². The largest absolute Gasteiger partial charge is 0.497 e. The highest BCUT2D eigenvalue weighted by Gasteiger charge is 2.17. The molecule has 0 aliphatic heterocycles. The Labute approximate surface area is 157 Å². The molecular weight excluding hydrogens is 338 g/mol. The van der Waals surface area contributed by atoms with Crippen LogP contribution in [-0.4, -0.2) is 22.6 Å². The minimum absolute atomic E-state index is 0.0872. The average molecular weight is 357 g/mol. The van der Waals surface area contributed by atoms with E-state index < -0.39 is 0 Å². The zero-order valence-corrected chi connectivity index (χ0v) is 14.9. The molecule has 0 unspecified atom stereocenters. The minimum atomic E-state index is -0.0872. The van der Waals surface area contributed by atoms with Crippen LogP contribution in [0.25, 0.3) is 11.0 Å². The molecule has 0 aliphatic rings. The second-order valence-corrected chi connectivity index (χ2v) is 6.11. The minimum Gasteiger partial charge on any atom is -0.497 e. The van der Waals surface area contributed by atoms with E-state index in [0.29, 0.717) is 17.9 Å². The van der Waals surface area contributed by atoms with E-state index in [1.807, 2.05) is 78.9 Å². The molecule has 0 fully saturated rings. The van der Waals surface area contributed by atoms with Crippen molar-refractivity contribution in [1.29, 1.82) is 0 Å². The maximum atomic E-state index is 13.1. The van der Waals surface area contributed by atoms with E-state index in [0.717, 1.165) is 22.5 Å². The fourth-order valence-electron chi connectivity index (χ4n) is 3.02. The van der Waals surface area contributed by atoms with Gasteiger partial charge in [-0.05, 0) is 48.5 Å². The van der Waals surface area contributed by atoms with Crippen molar-refractivity contribution >= 4 is 22.6 Å². The molecule has 0 amide bonds. The van der Waals surface area contributed by atoms with Gasteiger partial charge >= 0.3 is 0 Å². The van der Waals surface area contributed by atoms with E-state index in [-0.39, 0.29) is 5.91 Å². The lowest BCUT2D eigenvalue weighted by molar-refractivity contribution is 0.0961. The summed E-state index contributed by atoms with van der Waals surface area (Å²) in [7, 11) is 1.64. The molecule has 1 N–H and O–H groups in total. The highest BCUT2D eigenvalue weighted by Crippen LogP contribution is 2.20. The van der Waals surface area contributed by atoms with Gasteiger partial charge in [-0.15, -0.1) is 0 Å². The first-order valence-electron chi connectivity index (χ1n) is 8.70. The first kappa shape index (κ1) is 16.8. The fraction of sp³-hybridized carbons (Fsp3) is 0.0909. The number of nitrogens with one attached hydrogen (secondary N) is 1. The van der Waals surface area contributed by atoms with Crippen LogP contribution in [0.3, 0.4) is 0 Å². The molecule has 3 aromatic carbocycles. The predicted octanol–water partition coefficient (Wildman–Crippen LogP) is 4.35. The molecule has 0 saturated heterocycles. The zero-order valence-electron chi connectivity index (χ0n) is 14.9. The molecule has 1 aromatic heterocycles. The number of carbonyl (C=O) groups excluding carboxylic acids is 1. The quantitative estimate of drug-likeness (QED) is 0.577. The third-order valence-electron chi connectivity index (χ3n) is 4.39. The first-order chi connectivity index (χ1) is 13.3. The van der Waals surface area contributed by atoms with Crippen molar-refractivity contribution in [1.82, 2.24) is 9.55 Å². The molecule has 0 aliphatic carbocycles. The number of para-hydroxylation sites is 2. The van der Waals surface area contributed by atoms with Crippen LogP contribution < -0.4 is 10.1 Å². The lowest BCUT2D eigenvalue weighted by atomic mass is 10.2. The van der Waals surface area contributed by atoms with Gasteiger partial charge in [0.1, 0.15) is 11.6 Å². The van der Waals surface area contributed by atoms with Crippen LogP contribution in [0.4, 0.5) is 5.69 Å².